The molecule has 1 aliphatic rings. The van der Waals surface area contributed by atoms with Gasteiger partial charge in [-0.05, 0) is 52.7 Å². The molecule has 0 saturated heterocycles. The van der Waals surface area contributed by atoms with Gasteiger partial charge in [-0.2, -0.15) is 21.6 Å². The predicted molar refractivity (Wildman–Crippen MR) is 91.6 cm³/mol. The summed E-state index contributed by atoms with van der Waals surface area (Å²) in [6.45, 7) is 1.53. The van der Waals surface area contributed by atoms with Gasteiger partial charge in [-0.3, -0.25) is 4.18 Å². The van der Waals surface area contributed by atoms with Crippen molar-refractivity contribution in [2.45, 2.75) is 30.5 Å². The fraction of sp³-hybridized carbons (Fsp3) is 0.294. The quantitative estimate of drug-likeness (QED) is 0.644. The van der Waals surface area contributed by atoms with E-state index >= 15 is 0 Å². The van der Waals surface area contributed by atoms with E-state index in [0.29, 0.717) is 5.56 Å². The Labute approximate surface area is 157 Å². The number of hydrogen-bond acceptors (Lipinski definition) is 4. The van der Waals surface area contributed by atoms with E-state index in [4.69, 9.17) is 8.92 Å². The second-order valence-corrected chi connectivity index (χ2v) is 8.41. The summed E-state index contributed by atoms with van der Waals surface area (Å²) < 4.78 is 73.8. The van der Waals surface area contributed by atoms with Crippen molar-refractivity contribution >= 4 is 26.0 Å². The molecule has 1 aliphatic heterocycles. The van der Waals surface area contributed by atoms with Crippen molar-refractivity contribution in [2.75, 3.05) is 6.61 Å². The second-order valence-electron chi connectivity index (χ2n) is 5.94. The van der Waals surface area contributed by atoms with E-state index in [1.54, 1.807) is 12.1 Å². The lowest BCUT2D eigenvalue weighted by molar-refractivity contribution is -0.137. The van der Waals surface area contributed by atoms with Gasteiger partial charge in [0, 0.05) is 6.42 Å². The van der Waals surface area contributed by atoms with Crippen molar-refractivity contribution < 1.29 is 30.5 Å². The maximum Gasteiger partial charge on any atom is 0.416 e. The third kappa shape index (κ3) is 4.05. The Morgan fingerprint density at radius 3 is 2.50 bits per heavy atom. The van der Waals surface area contributed by atoms with Crippen LogP contribution in [0, 0.1) is 6.92 Å². The molecule has 0 amide bonds. The van der Waals surface area contributed by atoms with Crippen molar-refractivity contribution in [3.8, 4) is 5.75 Å². The molecular weight excluding hydrogens is 437 g/mol. The first-order valence-electron chi connectivity index (χ1n) is 7.58. The molecule has 1 atom stereocenters. The number of aryl methyl sites for hydroxylation is 1. The van der Waals surface area contributed by atoms with Crippen molar-refractivity contribution in [3.63, 3.8) is 0 Å². The Hall–Kier alpha value is -1.58. The van der Waals surface area contributed by atoms with Crippen LogP contribution in [-0.2, 0) is 26.9 Å². The molecule has 2 aromatic rings. The van der Waals surface area contributed by atoms with Crippen LogP contribution in [0.4, 0.5) is 13.2 Å². The lowest BCUT2D eigenvalue weighted by Crippen LogP contribution is -2.23. The van der Waals surface area contributed by atoms with Crippen molar-refractivity contribution in [2.24, 2.45) is 0 Å². The van der Waals surface area contributed by atoms with Crippen LogP contribution in [-0.4, -0.2) is 21.1 Å². The zero-order chi connectivity index (χ0) is 19.1. The predicted octanol–water partition coefficient (Wildman–Crippen LogP) is 4.49. The second kappa shape index (κ2) is 6.86. The number of benzene rings is 2. The molecular formula is C17H14BrF3O4S. The van der Waals surface area contributed by atoms with Crippen LogP contribution in [0.15, 0.2) is 45.8 Å². The third-order valence-electron chi connectivity index (χ3n) is 3.90. The minimum absolute atomic E-state index is 0.0131. The van der Waals surface area contributed by atoms with Gasteiger partial charge in [0.25, 0.3) is 10.1 Å². The molecule has 0 bridgehead atoms. The summed E-state index contributed by atoms with van der Waals surface area (Å²) in [6.07, 6.45) is -5.03. The summed E-state index contributed by atoms with van der Waals surface area (Å²) in [4.78, 5) is 0.0131. The van der Waals surface area contributed by atoms with E-state index in [9.17, 15) is 21.6 Å². The molecule has 140 valence electrons. The molecule has 0 aliphatic carbocycles. The molecule has 0 radical (unpaired) electrons. The zero-order valence-electron chi connectivity index (χ0n) is 13.5. The van der Waals surface area contributed by atoms with Crippen molar-refractivity contribution in [1.29, 1.82) is 0 Å². The molecule has 0 saturated carbocycles. The largest absolute Gasteiger partial charge is 0.486 e. The minimum Gasteiger partial charge on any atom is -0.486 e. The molecule has 0 spiro atoms. The fourth-order valence-electron chi connectivity index (χ4n) is 2.58. The molecule has 26 heavy (non-hydrogen) atoms. The minimum atomic E-state index is -4.47. The van der Waals surface area contributed by atoms with Gasteiger partial charge in [0.15, 0.2) is 0 Å². The van der Waals surface area contributed by atoms with Gasteiger partial charge in [-0.15, -0.1) is 0 Å². The molecule has 9 heteroatoms. The Kier molecular flexibility index (Phi) is 5.06. The number of hydrogen-bond donors (Lipinski definition) is 0. The highest BCUT2D eigenvalue weighted by Gasteiger charge is 2.35. The van der Waals surface area contributed by atoms with E-state index < -0.39 is 28.0 Å². The topological polar surface area (TPSA) is 52.6 Å². The Morgan fingerprint density at radius 2 is 1.88 bits per heavy atom. The lowest BCUT2D eigenvalue weighted by Gasteiger charge is -2.12. The Bertz CT molecular complexity index is 924. The van der Waals surface area contributed by atoms with Crippen LogP contribution in [0.3, 0.4) is 0 Å². The van der Waals surface area contributed by atoms with Crippen LogP contribution in [0.1, 0.15) is 16.7 Å². The first-order chi connectivity index (χ1) is 12.1. The highest BCUT2D eigenvalue weighted by Crippen LogP contribution is 2.41. The first kappa shape index (κ1) is 19.2. The number of halogens is 4. The fourth-order valence-corrected chi connectivity index (χ4v) is 4.11. The molecule has 0 aromatic heterocycles. The summed E-state index contributed by atoms with van der Waals surface area (Å²) >= 11 is 3.07. The van der Waals surface area contributed by atoms with Gasteiger partial charge in [-0.25, -0.2) is 0 Å². The summed E-state index contributed by atoms with van der Waals surface area (Å²) in [5.41, 5.74) is 0.470. The van der Waals surface area contributed by atoms with Crippen molar-refractivity contribution in [3.05, 3.63) is 57.6 Å². The highest BCUT2D eigenvalue weighted by atomic mass is 79.9. The van der Waals surface area contributed by atoms with Crippen molar-refractivity contribution in [1.82, 2.24) is 0 Å². The lowest BCUT2D eigenvalue weighted by atomic mass is 10.1. The van der Waals surface area contributed by atoms with Gasteiger partial charge >= 0.3 is 6.18 Å². The average Bonchev–Trinajstić information content (AvgIpc) is 2.96. The highest BCUT2D eigenvalue weighted by molar-refractivity contribution is 9.10. The molecule has 1 heterocycles. The third-order valence-corrected chi connectivity index (χ3v) is 5.78. The van der Waals surface area contributed by atoms with Crippen LogP contribution < -0.4 is 4.74 Å². The average molecular weight is 451 g/mol. The number of ether oxygens (including phenoxy) is 1. The van der Waals surface area contributed by atoms with Gasteiger partial charge in [0.05, 0.1) is 14.9 Å². The zero-order valence-corrected chi connectivity index (χ0v) is 15.9. The summed E-state index contributed by atoms with van der Waals surface area (Å²) in [7, 11) is -3.97. The van der Waals surface area contributed by atoms with Gasteiger partial charge in [0.2, 0.25) is 0 Å². The van der Waals surface area contributed by atoms with Gasteiger partial charge in [-0.1, -0.05) is 17.7 Å². The van der Waals surface area contributed by atoms with E-state index in [0.717, 1.165) is 17.7 Å². The van der Waals surface area contributed by atoms with Crippen LogP contribution >= 0.6 is 15.9 Å². The maximum atomic E-state index is 12.9. The van der Waals surface area contributed by atoms with Gasteiger partial charge in [0.1, 0.15) is 18.5 Å². The monoisotopic (exact) mass is 450 g/mol. The number of fused-ring (bicyclic) bond motifs is 1. The van der Waals surface area contributed by atoms with E-state index in [-0.39, 0.29) is 28.1 Å². The molecule has 0 fully saturated rings. The standard InChI is InChI=1S/C17H14BrF3O4S/c1-10-2-4-14(5-3-10)26(22,23)24-9-13-7-11-6-12(17(19,20)21)8-15(18)16(11)25-13/h2-6,8,13H,7,9H2,1H3. The molecule has 4 nitrogen and oxygen atoms in total. The summed E-state index contributed by atoms with van der Waals surface area (Å²) in [5.74, 6) is 0.277. The van der Waals surface area contributed by atoms with Crippen LogP contribution in [0.5, 0.6) is 5.75 Å². The van der Waals surface area contributed by atoms with E-state index in [1.165, 1.54) is 12.1 Å². The first-order valence-corrected chi connectivity index (χ1v) is 9.79. The number of alkyl halides is 3. The molecule has 1 unspecified atom stereocenters. The normalized spacial score (nSPS) is 17.0. The summed E-state index contributed by atoms with van der Waals surface area (Å²) in [5, 5.41) is 0. The SMILES string of the molecule is Cc1ccc(S(=O)(=O)OCC2Cc3cc(C(F)(F)F)cc(Br)c3O2)cc1. The van der Waals surface area contributed by atoms with Gasteiger partial charge < -0.3 is 4.74 Å². The van der Waals surface area contributed by atoms with Crippen LogP contribution in [0.2, 0.25) is 0 Å². The van der Waals surface area contributed by atoms with E-state index in [1.807, 2.05) is 6.92 Å². The van der Waals surface area contributed by atoms with E-state index in [2.05, 4.69) is 15.9 Å². The molecule has 2 aromatic carbocycles. The Morgan fingerprint density at radius 1 is 1.23 bits per heavy atom. The Balaban J connectivity index is 1.71. The summed E-state index contributed by atoms with van der Waals surface area (Å²) in [6, 6.07) is 8.10. The number of rotatable bonds is 4. The maximum absolute atomic E-state index is 12.9. The van der Waals surface area contributed by atoms with Crippen LogP contribution in [0.25, 0.3) is 0 Å². The smallest absolute Gasteiger partial charge is 0.416 e. The molecule has 3 rings (SSSR count). The molecule has 0 N–H and O–H groups in total.